The van der Waals surface area contributed by atoms with Crippen LogP contribution in [0.25, 0.3) is 22.3 Å². The quantitative estimate of drug-likeness (QED) is 0.721. The van der Waals surface area contributed by atoms with E-state index in [2.05, 4.69) is 0 Å². The standard InChI is InChI=1S/C19H20O5/c1-22-17-10-13(7-8-15(17)21)16-11-14-6-5-12(4-3-9-20)18(23-2)19(14)24-16/h5-8,10-11,20-21H,3-4,9H2,1-2H3. The van der Waals surface area contributed by atoms with Crippen molar-refractivity contribution in [2.75, 3.05) is 20.8 Å². The summed E-state index contributed by atoms with van der Waals surface area (Å²) in [5.74, 6) is 1.84. The van der Waals surface area contributed by atoms with Gasteiger partial charge in [0.1, 0.15) is 5.76 Å². The Morgan fingerprint density at radius 1 is 1.04 bits per heavy atom. The van der Waals surface area contributed by atoms with Crippen molar-refractivity contribution >= 4 is 11.0 Å². The third-order valence-corrected chi connectivity index (χ3v) is 4.00. The van der Waals surface area contributed by atoms with Gasteiger partial charge in [0.05, 0.1) is 14.2 Å². The Bertz CT molecular complexity index is 850. The van der Waals surface area contributed by atoms with Gasteiger partial charge in [-0.25, -0.2) is 0 Å². The Labute approximate surface area is 140 Å². The molecule has 0 radical (unpaired) electrons. The molecule has 1 heterocycles. The maximum absolute atomic E-state index is 9.73. The Morgan fingerprint density at radius 2 is 1.88 bits per heavy atom. The molecule has 0 aliphatic carbocycles. The van der Waals surface area contributed by atoms with Crippen LogP contribution in [0.3, 0.4) is 0 Å². The Morgan fingerprint density at radius 3 is 2.58 bits per heavy atom. The number of furan rings is 1. The molecule has 0 saturated heterocycles. The SMILES string of the molecule is COc1cc(-c2cc3ccc(CCCO)c(OC)c3o2)ccc1O. The van der Waals surface area contributed by atoms with Crippen LogP contribution in [0.5, 0.6) is 17.2 Å². The van der Waals surface area contributed by atoms with E-state index in [-0.39, 0.29) is 12.4 Å². The van der Waals surface area contributed by atoms with Gasteiger partial charge in [0, 0.05) is 17.6 Å². The Kier molecular flexibility index (Phi) is 4.62. The first-order valence-electron chi connectivity index (χ1n) is 7.75. The average Bonchev–Trinajstić information content (AvgIpc) is 3.04. The van der Waals surface area contributed by atoms with Crippen molar-refractivity contribution in [3.63, 3.8) is 0 Å². The predicted molar refractivity (Wildman–Crippen MR) is 91.8 cm³/mol. The van der Waals surface area contributed by atoms with E-state index in [0.717, 1.165) is 22.9 Å². The molecule has 0 aliphatic rings. The number of rotatable bonds is 6. The number of ether oxygens (including phenoxy) is 2. The molecule has 0 spiro atoms. The van der Waals surface area contributed by atoms with Gasteiger partial charge < -0.3 is 24.1 Å². The molecule has 2 N–H and O–H groups in total. The number of aromatic hydroxyl groups is 1. The Balaban J connectivity index is 2.08. The van der Waals surface area contributed by atoms with Crippen LogP contribution in [0.15, 0.2) is 40.8 Å². The van der Waals surface area contributed by atoms with Crippen LogP contribution in [-0.2, 0) is 6.42 Å². The molecule has 126 valence electrons. The minimum Gasteiger partial charge on any atom is -0.504 e. The van der Waals surface area contributed by atoms with Gasteiger partial charge in [-0.3, -0.25) is 0 Å². The van der Waals surface area contributed by atoms with Crippen molar-refractivity contribution in [3.8, 4) is 28.6 Å². The lowest BCUT2D eigenvalue weighted by molar-refractivity contribution is 0.287. The third kappa shape index (κ3) is 2.90. The topological polar surface area (TPSA) is 72.1 Å². The molecular formula is C19H20O5. The van der Waals surface area contributed by atoms with Crippen LogP contribution in [0, 0.1) is 0 Å². The summed E-state index contributed by atoms with van der Waals surface area (Å²) in [6.45, 7) is 0.137. The maximum Gasteiger partial charge on any atom is 0.176 e. The minimum absolute atomic E-state index is 0.0845. The normalized spacial score (nSPS) is 11.0. The number of methoxy groups -OCH3 is 2. The van der Waals surface area contributed by atoms with Gasteiger partial charge in [0.2, 0.25) is 0 Å². The highest BCUT2D eigenvalue weighted by atomic mass is 16.5. The number of aryl methyl sites for hydroxylation is 1. The molecule has 24 heavy (non-hydrogen) atoms. The number of aliphatic hydroxyl groups is 1. The second-order valence-corrected chi connectivity index (χ2v) is 5.50. The molecule has 3 aromatic rings. The van der Waals surface area contributed by atoms with Gasteiger partial charge in [-0.1, -0.05) is 12.1 Å². The smallest absolute Gasteiger partial charge is 0.176 e. The van der Waals surface area contributed by atoms with Crippen molar-refractivity contribution in [1.29, 1.82) is 0 Å². The zero-order chi connectivity index (χ0) is 17.1. The van der Waals surface area contributed by atoms with Crippen LogP contribution in [0.4, 0.5) is 0 Å². The summed E-state index contributed by atoms with van der Waals surface area (Å²) in [7, 11) is 3.12. The predicted octanol–water partition coefficient (Wildman–Crippen LogP) is 3.75. The van der Waals surface area contributed by atoms with Gasteiger partial charge in [0.25, 0.3) is 0 Å². The second-order valence-electron chi connectivity index (χ2n) is 5.50. The number of phenols is 1. The van der Waals surface area contributed by atoms with Crippen LogP contribution in [0.1, 0.15) is 12.0 Å². The van der Waals surface area contributed by atoms with Crippen molar-refractivity contribution in [1.82, 2.24) is 0 Å². The fourth-order valence-electron chi connectivity index (χ4n) is 2.78. The van der Waals surface area contributed by atoms with E-state index < -0.39 is 0 Å². The van der Waals surface area contributed by atoms with E-state index in [1.165, 1.54) is 7.11 Å². The van der Waals surface area contributed by atoms with Gasteiger partial charge >= 0.3 is 0 Å². The number of hydrogen-bond donors (Lipinski definition) is 2. The van der Waals surface area contributed by atoms with Gasteiger partial charge in [-0.2, -0.15) is 0 Å². The first-order valence-corrected chi connectivity index (χ1v) is 7.75. The zero-order valence-corrected chi connectivity index (χ0v) is 13.7. The molecule has 0 unspecified atom stereocenters. The largest absolute Gasteiger partial charge is 0.504 e. The van der Waals surface area contributed by atoms with Gasteiger partial charge in [-0.15, -0.1) is 0 Å². The molecule has 0 aliphatic heterocycles. The second kappa shape index (κ2) is 6.84. The molecule has 0 amide bonds. The summed E-state index contributed by atoms with van der Waals surface area (Å²) in [6.07, 6.45) is 1.39. The summed E-state index contributed by atoms with van der Waals surface area (Å²) in [5, 5.41) is 19.7. The zero-order valence-electron chi connectivity index (χ0n) is 13.7. The van der Waals surface area contributed by atoms with Gasteiger partial charge in [-0.05, 0) is 42.7 Å². The number of hydrogen-bond acceptors (Lipinski definition) is 5. The van der Waals surface area contributed by atoms with E-state index in [4.69, 9.17) is 19.0 Å². The number of aliphatic hydroxyl groups excluding tert-OH is 1. The third-order valence-electron chi connectivity index (χ3n) is 4.00. The highest BCUT2D eigenvalue weighted by Crippen LogP contribution is 2.38. The number of fused-ring (bicyclic) bond motifs is 1. The van der Waals surface area contributed by atoms with Crippen molar-refractivity contribution in [2.24, 2.45) is 0 Å². The number of benzene rings is 2. The van der Waals surface area contributed by atoms with E-state index in [1.54, 1.807) is 25.3 Å². The molecular weight excluding hydrogens is 308 g/mol. The molecule has 1 aromatic heterocycles. The molecule has 2 aromatic carbocycles. The number of phenolic OH excluding ortho intramolecular Hbond substituents is 1. The summed E-state index contributed by atoms with van der Waals surface area (Å²) in [4.78, 5) is 0. The summed E-state index contributed by atoms with van der Waals surface area (Å²) >= 11 is 0. The van der Waals surface area contributed by atoms with Gasteiger partial charge in [0.15, 0.2) is 22.8 Å². The van der Waals surface area contributed by atoms with Crippen LogP contribution in [0.2, 0.25) is 0 Å². The lowest BCUT2D eigenvalue weighted by Gasteiger charge is -2.08. The van der Waals surface area contributed by atoms with E-state index >= 15 is 0 Å². The first-order chi connectivity index (χ1) is 11.7. The highest BCUT2D eigenvalue weighted by molar-refractivity contribution is 5.88. The molecule has 0 saturated carbocycles. The van der Waals surface area contributed by atoms with Crippen LogP contribution in [-0.4, -0.2) is 31.0 Å². The van der Waals surface area contributed by atoms with Crippen molar-refractivity contribution < 1.29 is 24.1 Å². The summed E-state index contributed by atoms with van der Waals surface area (Å²) < 4.78 is 16.7. The molecule has 5 nitrogen and oxygen atoms in total. The highest BCUT2D eigenvalue weighted by Gasteiger charge is 2.15. The van der Waals surface area contributed by atoms with Crippen molar-refractivity contribution in [3.05, 3.63) is 42.0 Å². The first kappa shape index (κ1) is 16.2. The van der Waals surface area contributed by atoms with E-state index in [1.807, 2.05) is 18.2 Å². The van der Waals surface area contributed by atoms with Crippen molar-refractivity contribution in [2.45, 2.75) is 12.8 Å². The van der Waals surface area contributed by atoms with Crippen LogP contribution < -0.4 is 9.47 Å². The molecule has 0 fully saturated rings. The van der Waals surface area contributed by atoms with E-state index in [9.17, 15) is 5.11 Å². The maximum atomic E-state index is 9.73. The van der Waals surface area contributed by atoms with E-state index in [0.29, 0.717) is 29.3 Å². The molecule has 5 heteroatoms. The summed E-state index contributed by atoms with van der Waals surface area (Å²) in [6, 6.07) is 11.0. The minimum atomic E-state index is 0.0845. The lowest BCUT2D eigenvalue weighted by atomic mass is 10.1. The fraction of sp³-hybridized carbons (Fsp3) is 0.263. The average molecular weight is 328 g/mol. The monoisotopic (exact) mass is 328 g/mol. The molecule has 3 rings (SSSR count). The lowest BCUT2D eigenvalue weighted by Crippen LogP contribution is -1.94. The molecule has 0 atom stereocenters. The fourth-order valence-corrected chi connectivity index (χ4v) is 2.78. The summed E-state index contributed by atoms with van der Waals surface area (Å²) in [5.41, 5.74) is 2.48. The van der Waals surface area contributed by atoms with Crippen LogP contribution >= 0.6 is 0 Å². The Hall–Kier alpha value is -2.66. The molecule has 0 bridgehead atoms.